The number of aryl methyl sites for hydroxylation is 1. The van der Waals surface area contributed by atoms with E-state index in [4.69, 9.17) is 0 Å². The van der Waals surface area contributed by atoms with Crippen LogP contribution in [0.25, 0.3) is 10.3 Å². The molecule has 2 aromatic rings. The minimum Gasteiger partial charge on any atom is -0.368 e. The molecule has 0 fully saturated rings. The van der Waals surface area contributed by atoms with E-state index in [9.17, 15) is 4.79 Å². The second-order valence-corrected chi connectivity index (χ2v) is 7.16. The second-order valence-electron chi connectivity index (χ2n) is 5.98. The summed E-state index contributed by atoms with van der Waals surface area (Å²) >= 11 is 1.57. The van der Waals surface area contributed by atoms with Crippen LogP contribution in [0.3, 0.4) is 0 Å². The SMILES string of the molecule is CCN(C)CC(=O)NC(C)CCCNc1ncnc2sc(C)nc12. The van der Waals surface area contributed by atoms with Gasteiger partial charge in [-0.15, -0.1) is 0 Å². The first-order chi connectivity index (χ1) is 11.5. The number of thiazole rings is 1. The van der Waals surface area contributed by atoms with E-state index in [1.54, 1.807) is 17.7 Å². The van der Waals surface area contributed by atoms with Crippen LogP contribution in [0.15, 0.2) is 6.33 Å². The van der Waals surface area contributed by atoms with Crippen molar-refractivity contribution in [3.63, 3.8) is 0 Å². The Kier molecular flexibility index (Phi) is 6.86. The van der Waals surface area contributed by atoms with E-state index in [2.05, 4.69) is 25.6 Å². The molecule has 24 heavy (non-hydrogen) atoms. The molecule has 0 saturated carbocycles. The molecule has 0 aliphatic carbocycles. The van der Waals surface area contributed by atoms with Gasteiger partial charge in [0.05, 0.1) is 11.6 Å². The third kappa shape index (κ3) is 5.38. The van der Waals surface area contributed by atoms with E-state index in [0.717, 1.165) is 47.1 Å². The smallest absolute Gasteiger partial charge is 0.234 e. The fourth-order valence-corrected chi connectivity index (χ4v) is 3.11. The summed E-state index contributed by atoms with van der Waals surface area (Å²) in [6.45, 7) is 8.15. The maximum absolute atomic E-state index is 11.8. The molecular formula is C16H26N6OS. The Morgan fingerprint density at radius 3 is 2.96 bits per heavy atom. The molecule has 1 amide bonds. The Morgan fingerprint density at radius 2 is 2.21 bits per heavy atom. The number of anilines is 1. The monoisotopic (exact) mass is 350 g/mol. The maximum Gasteiger partial charge on any atom is 0.234 e. The van der Waals surface area contributed by atoms with Gasteiger partial charge >= 0.3 is 0 Å². The van der Waals surface area contributed by atoms with Gasteiger partial charge in [0.25, 0.3) is 0 Å². The topological polar surface area (TPSA) is 83.0 Å². The van der Waals surface area contributed by atoms with Crippen LogP contribution in [0.2, 0.25) is 0 Å². The van der Waals surface area contributed by atoms with Gasteiger partial charge < -0.3 is 10.6 Å². The van der Waals surface area contributed by atoms with Crippen molar-refractivity contribution in [2.24, 2.45) is 0 Å². The van der Waals surface area contributed by atoms with E-state index in [-0.39, 0.29) is 11.9 Å². The quantitative estimate of drug-likeness (QED) is 0.674. The lowest BCUT2D eigenvalue weighted by molar-refractivity contribution is -0.122. The van der Waals surface area contributed by atoms with Gasteiger partial charge in [0.15, 0.2) is 5.82 Å². The fraction of sp³-hybridized carbons (Fsp3) is 0.625. The molecule has 2 aromatic heterocycles. The molecule has 1 unspecified atom stereocenters. The van der Waals surface area contributed by atoms with Gasteiger partial charge in [-0.25, -0.2) is 15.0 Å². The Balaban J connectivity index is 1.73. The molecule has 2 heterocycles. The number of hydrogen-bond donors (Lipinski definition) is 2. The summed E-state index contributed by atoms with van der Waals surface area (Å²) in [5, 5.41) is 7.34. The molecule has 2 N–H and O–H groups in total. The lowest BCUT2D eigenvalue weighted by Crippen LogP contribution is -2.39. The summed E-state index contributed by atoms with van der Waals surface area (Å²) in [5.41, 5.74) is 0.837. The summed E-state index contributed by atoms with van der Waals surface area (Å²) < 4.78 is 0. The Hall–Kier alpha value is -1.80. The molecule has 7 nitrogen and oxygen atoms in total. The van der Waals surface area contributed by atoms with Crippen molar-refractivity contribution in [1.82, 2.24) is 25.2 Å². The largest absolute Gasteiger partial charge is 0.368 e. The lowest BCUT2D eigenvalue weighted by atomic mass is 10.2. The number of hydrogen-bond acceptors (Lipinski definition) is 7. The highest BCUT2D eigenvalue weighted by Gasteiger charge is 2.10. The van der Waals surface area contributed by atoms with Gasteiger partial charge in [-0.05, 0) is 40.3 Å². The normalized spacial score (nSPS) is 12.5. The third-order valence-electron chi connectivity index (χ3n) is 3.77. The average Bonchev–Trinajstić information content (AvgIpc) is 2.92. The fourth-order valence-electron chi connectivity index (χ4n) is 2.35. The van der Waals surface area contributed by atoms with Crippen molar-refractivity contribution in [3.05, 3.63) is 11.3 Å². The molecule has 0 spiro atoms. The molecule has 0 aliphatic heterocycles. The van der Waals surface area contributed by atoms with E-state index >= 15 is 0 Å². The van der Waals surface area contributed by atoms with Crippen LogP contribution in [0, 0.1) is 6.92 Å². The van der Waals surface area contributed by atoms with Gasteiger partial charge in [0.1, 0.15) is 16.7 Å². The van der Waals surface area contributed by atoms with Gasteiger partial charge in [-0.2, -0.15) is 0 Å². The number of carbonyl (C=O) groups excluding carboxylic acids is 1. The van der Waals surface area contributed by atoms with Crippen LogP contribution in [0.1, 0.15) is 31.7 Å². The van der Waals surface area contributed by atoms with E-state index < -0.39 is 0 Å². The lowest BCUT2D eigenvalue weighted by Gasteiger charge is -2.17. The maximum atomic E-state index is 11.8. The number of likely N-dealkylation sites (N-methyl/N-ethyl adjacent to an activating group) is 1. The highest BCUT2D eigenvalue weighted by molar-refractivity contribution is 7.18. The van der Waals surface area contributed by atoms with E-state index in [1.807, 2.05) is 32.7 Å². The molecule has 132 valence electrons. The van der Waals surface area contributed by atoms with Crippen LogP contribution >= 0.6 is 11.3 Å². The number of nitrogens with one attached hydrogen (secondary N) is 2. The Bertz CT molecular complexity index is 674. The van der Waals surface area contributed by atoms with Gasteiger partial charge in [-0.3, -0.25) is 9.69 Å². The highest BCUT2D eigenvalue weighted by atomic mass is 32.1. The minimum absolute atomic E-state index is 0.0790. The number of aromatic nitrogens is 3. The van der Waals surface area contributed by atoms with Crippen molar-refractivity contribution in [3.8, 4) is 0 Å². The van der Waals surface area contributed by atoms with Crippen molar-refractivity contribution in [2.45, 2.75) is 39.7 Å². The van der Waals surface area contributed by atoms with Gasteiger partial charge in [-0.1, -0.05) is 18.3 Å². The molecule has 2 rings (SSSR count). The van der Waals surface area contributed by atoms with Gasteiger partial charge in [0.2, 0.25) is 5.91 Å². The molecule has 1 atom stereocenters. The summed E-state index contributed by atoms with van der Waals surface area (Å²) in [6.07, 6.45) is 3.42. The zero-order valence-corrected chi connectivity index (χ0v) is 15.6. The Labute approximate surface area is 146 Å². The molecule has 0 aromatic carbocycles. The summed E-state index contributed by atoms with van der Waals surface area (Å²) in [5.74, 6) is 0.862. The first-order valence-electron chi connectivity index (χ1n) is 8.29. The number of fused-ring (bicyclic) bond motifs is 1. The van der Waals surface area contributed by atoms with E-state index in [0.29, 0.717) is 6.54 Å². The molecule has 0 aliphatic rings. The van der Waals surface area contributed by atoms with Crippen molar-refractivity contribution >= 4 is 33.4 Å². The summed E-state index contributed by atoms with van der Waals surface area (Å²) in [7, 11) is 1.94. The Morgan fingerprint density at radius 1 is 1.42 bits per heavy atom. The average molecular weight is 350 g/mol. The van der Waals surface area contributed by atoms with Crippen molar-refractivity contribution in [2.75, 3.05) is 32.0 Å². The zero-order chi connectivity index (χ0) is 17.5. The van der Waals surface area contributed by atoms with Crippen LogP contribution in [-0.2, 0) is 4.79 Å². The highest BCUT2D eigenvalue weighted by Crippen LogP contribution is 2.23. The van der Waals surface area contributed by atoms with Crippen molar-refractivity contribution in [1.29, 1.82) is 0 Å². The van der Waals surface area contributed by atoms with Crippen LogP contribution in [-0.4, -0.2) is 58.5 Å². The summed E-state index contributed by atoms with van der Waals surface area (Å²) in [4.78, 5) is 27.7. The first kappa shape index (κ1) is 18.5. The predicted molar refractivity (Wildman–Crippen MR) is 98.4 cm³/mol. The number of nitrogens with zero attached hydrogens (tertiary/aromatic N) is 4. The third-order valence-corrected chi connectivity index (χ3v) is 4.65. The standard InChI is InChI=1S/C16H26N6OS/c1-5-22(4)9-13(23)20-11(2)7-6-8-17-15-14-16(19-10-18-15)24-12(3)21-14/h10-11H,5-9H2,1-4H3,(H,20,23)(H,17,18,19). The molecular weight excluding hydrogens is 324 g/mol. The van der Waals surface area contributed by atoms with Crippen LogP contribution in [0.4, 0.5) is 5.82 Å². The number of amides is 1. The van der Waals surface area contributed by atoms with Crippen LogP contribution < -0.4 is 10.6 Å². The predicted octanol–water partition coefficient (Wildman–Crippen LogP) is 2.04. The van der Waals surface area contributed by atoms with Gasteiger partial charge in [0, 0.05) is 12.6 Å². The number of carbonyl (C=O) groups is 1. The number of rotatable bonds is 9. The zero-order valence-electron chi connectivity index (χ0n) is 14.8. The molecule has 0 saturated heterocycles. The van der Waals surface area contributed by atoms with Crippen LogP contribution in [0.5, 0.6) is 0 Å². The minimum atomic E-state index is 0.0790. The molecule has 0 bridgehead atoms. The van der Waals surface area contributed by atoms with E-state index in [1.165, 1.54) is 0 Å². The van der Waals surface area contributed by atoms with Crippen molar-refractivity contribution < 1.29 is 4.79 Å². The molecule has 8 heteroatoms. The summed E-state index contributed by atoms with van der Waals surface area (Å²) in [6, 6.07) is 0.163. The molecule has 0 radical (unpaired) electrons. The first-order valence-corrected chi connectivity index (χ1v) is 9.11. The second kappa shape index (κ2) is 8.89.